The van der Waals surface area contributed by atoms with E-state index in [0.717, 1.165) is 12.3 Å². The summed E-state index contributed by atoms with van der Waals surface area (Å²) >= 11 is 0. The van der Waals surface area contributed by atoms with Gasteiger partial charge in [0.25, 0.3) is 0 Å². The van der Waals surface area contributed by atoms with Crippen molar-refractivity contribution in [2.75, 3.05) is 12.3 Å². The molecule has 0 radical (unpaired) electrons. The molecule has 1 heterocycles. The van der Waals surface area contributed by atoms with Crippen LogP contribution in [0.25, 0.3) is 0 Å². The fourth-order valence-electron chi connectivity index (χ4n) is 1.29. The molecule has 66 valence electrons. The molecule has 2 nitrogen and oxygen atoms in total. The highest BCUT2D eigenvalue weighted by atomic mass is 32.2. The molecule has 1 saturated heterocycles. The average Bonchev–Trinajstić information content (AvgIpc) is 2.39. The highest BCUT2D eigenvalue weighted by Crippen LogP contribution is 2.07. The van der Waals surface area contributed by atoms with Gasteiger partial charge in [0.1, 0.15) is 0 Å². The summed E-state index contributed by atoms with van der Waals surface area (Å²) in [7, 11) is -0.624. The van der Waals surface area contributed by atoms with Gasteiger partial charge in [-0.05, 0) is 19.4 Å². The summed E-state index contributed by atoms with van der Waals surface area (Å²) in [5, 5.41) is 3.67. The van der Waals surface area contributed by atoms with Crippen LogP contribution in [0.2, 0.25) is 0 Å². The van der Waals surface area contributed by atoms with E-state index in [0.29, 0.717) is 11.3 Å². The maximum absolute atomic E-state index is 11.4. The van der Waals surface area contributed by atoms with Crippen LogP contribution in [0.3, 0.4) is 0 Å². The maximum atomic E-state index is 11.4. The Bertz CT molecular complexity index is 141. The van der Waals surface area contributed by atoms with Crippen LogP contribution in [0.5, 0.6) is 0 Å². The molecule has 1 aliphatic heterocycles. The van der Waals surface area contributed by atoms with Crippen LogP contribution in [0, 0.1) is 0 Å². The molecule has 0 amide bonds. The molecule has 0 bridgehead atoms. The number of hydrogen-bond acceptors (Lipinski definition) is 2. The fourth-order valence-corrected chi connectivity index (χ4v) is 2.36. The van der Waals surface area contributed by atoms with E-state index < -0.39 is 10.8 Å². The molecule has 0 spiro atoms. The predicted octanol–water partition coefficient (Wildman–Crippen LogP) is 0.895. The minimum atomic E-state index is -0.624. The normalized spacial score (nSPS) is 27.7. The van der Waals surface area contributed by atoms with Gasteiger partial charge in [-0.1, -0.05) is 13.8 Å². The molecular formula is C8H17NOS. The molecule has 0 aromatic rings. The van der Waals surface area contributed by atoms with Crippen molar-refractivity contribution < 1.29 is 4.21 Å². The first-order chi connectivity index (χ1) is 5.20. The second kappa shape index (κ2) is 4.21. The molecular weight excluding hydrogens is 158 g/mol. The summed E-state index contributed by atoms with van der Waals surface area (Å²) in [6.45, 7) is 5.15. The summed E-state index contributed by atoms with van der Waals surface area (Å²) in [6.07, 6.45) is 2.46. The van der Waals surface area contributed by atoms with Crippen molar-refractivity contribution in [3.05, 3.63) is 0 Å². The lowest BCUT2D eigenvalue weighted by Gasteiger charge is -2.11. The van der Waals surface area contributed by atoms with Gasteiger partial charge in [0.05, 0.1) is 0 Å². The summed E-state index contributed by atoms with van der Waals surface area (Å²) in [5.41, 5.74) is 0. The summed E-state index contributed by atoms with van der Waals surface area (Å²) in [4.78, 5) is 0. The van der Waals surface area contributed by atoms with Gasteiger partial charge in [-0.25, -0.2) is 0 Å². The van der Waals surface area contributed by atoms with E-state index in [1.54, 1.807) is 0 Å². The molecule has 1 aliphatic rings. The number of rotatable bonds is 3. The van der Waals surface area contributed by atoms with Crippen LogP contribution >= 0.6 is 0 Å². The second-order valence-electron chi connectivity index (χ2n) is 3.39. The van der Waals surface area contributed by atoms with Crippen LogP contribution in [0.4, 0.5) is 0 Å². The van der Waals surface area contributed by atoms with Crippen LogP contribution in [-0.2, 0) is 10.8 Å². The largest absolute Gasteiger partial charge is 0.313 e. The van der Waals surface area contributed by atoms with Crippen LogP contribution in [-0.4, -0.2) is 27.8 Å². The SMILES string of the molecule is CC(C)S(=O)C[C@@H]1CCCN1. The smallest absolute Gasteiger partial charge is 0.0391 e. The minimum absolute atomic E-state index is 0.317. The van der Waals surface area contributed by atoms with Crippen molar-refractivity contribution in [1.82, 2.24) is 5.32 Å². The van der Waals surface area contributed by atoms with E-state index in [4.69, 9.17) is 0 Å². The van der Waals surface area contributed by atoms with Gasteiger partial charge in [-0.2, -0.15) is 0 Å². The zero-order valence-electron chi connectivity index (χ0n) is 7.30. The number of hydrogen-bond donors (Lipinski definition) is 1. The Morgan fingerprint density at radius 3 is 2.82 bits per heavy atom. The Balaban J connectivity index is 2.24. The molecule has 0 aliphatic carbocycles. The second-order valence-corrected chi connectivity index (χ2v) is 5.43. The highest BCUT2D eigenvalue weighted by molar-refractivity contribution is 7.85. The van der Waals surface area contributed by atoms with E-state index in [-0.39, 0.29) is 0 Å². The number of nitrogens with one attached hydrogen (secondary N) is 1. The Morgan fingerprint density at radius 1 is 1.64 bits per heavy atom. The Morgan fingerprint density at radius 2 is 2.36 bits per heavy atom. The van der Waals surface area contributed by atoms with Gasteiger partial charge < -0.3 is 5.32 Å². The van der Waals surface area contributed by atoms with Gasteiger partial charge in [-0.3, -0.25) is 4.21 Å². The first kappa shape index (κ1) is 9.20. The van der Waals surface area contributed by atoms with E-state index in [1.165, 1.54) is 12.8 Å². The van der Waals surface area contributed by atoms with Crippen molar-refractivity contribution >= 4 is 10.8 Å². The third-order valence-corrected chi connectivity index (χ3v) is 3.84. The van der Waals surface area contributed by atoms with Crippen molar-refractivity contribution in [3.63, 3.8) is 0 Å². The van der Waals surface area contributed by atoms with Crippen molar-refractivity contribution in [3.8, 4) is 0 Å². The third-order valence-electron chi connectivity index (χ3n) is 2.05. The maximum Gasteiger partial charge on any atom is 0.0391 e. The molecule has 2 atom stereocenters. The van der Waals surface area contributed by atoms with E-state index in [2.05, 4.69) is 5.32 Å². The summed E-state index contributed by atoms with van der Waals surface area (Å²) in [6, 6.07) is 0.526. The lowest BCUT2D eigenvalue weighted by atomic mass is 10.3. The predicted molar refractivity (Wildman–Crippen MR) is 49.2 cm³/mol. The molecule has 0 saturated carbocycles. The molecule has 1 fully saturated rings. The molecule has 11 heavy (non-hydrogen) atoms. The van der Waals surface area contributed by atoms with Gasteiger partial charge in [0.15, 0.2) is 0 Å². The van der Waals surface area contributed by atoms with Gasteiger partial charge in [0.2, 0.25) is 0 Å². The third kappa shape index (κ3) is 2.91. The van der Waals surface area contributed by atoms with Gasteiger partial charge in [0, 0.05) is 27.8 Å². The zero-order valence-corrected chi connectivity index (χ0v) is 8.12. The zero-order chi connectivity index (χ0) is 8.27. The lowest BCUT2D eigenvalue weighted by Crippen LogP contribution is -2.29. The molecule has 1 N–H and O–H groups in total. The Hall–Kier alpha value is 0.110. The fraction of sp³-hybridized carbons (Fsp3) is 1.00. The van der Waals surface area contributed by atoms with E-state index in [1.807, 2.05) is 13.8 Å². The quantitative estimate of drug-likeness (QED) is 0.690. The molecule has 0 aromatic carbocycles. The standard InChI is InChI=1S/C8H17NOS/c1-7(2)11(10)6-8-4-3-5-9-8/h7-9H,3-6H2,1-2H3/t8-,11?/m0/s1. The summed E-state index contributed by atoms with van der Waals surface area (Å²) in [5.74, 6) is 0.845. The first-order valence-electron chi connectivity index (χ1n) is 4.30. The highest BCUT2D eigenvalue weighted by Gasteiger charge is 2.17. The van der Waals surface area contributed by atoms with E-state index >= 15 is 0 Å². The van der Waals surface area contributed by atoms with Crippen molar-refractivity contribution in [1.29, 1.82) is 0 Å². The molecule has 1 rings (SSSR count). The van der Waals surface area contributed by atoms with Crippen LogP contribution in [0.1, 0.15) is 26.7 Å². The lowest BCUT2D eigenvalue weighted by molar-refractivity contribution is 0.638. The van der Waals surface area contributed by atoms with Gasteiger partial charge in [-0.15, -0.1) is 0 Å². The van der Waals surface area contributed by atoms with Gasteiger partial charge >= 0.3 is 0 Å². The Kier molecular flexibility index (Phi) is 3.52. The molecule has 0 aromatic heterocycles. The summed E-state index contributed by atoms with van der Waals surface area (Å²) < 4.78 is 11.4. The Labute approximate surface area is 71.2 Å². The van der Waals surface area contributed by atoms with Crippen LogP contribution in [0.15, 0.2) is 0 Å². The first-order valence-corrected chi connectivity index (χ1v) is 5.69. The van der Waals surface area contributed by atoms with E-state index in [9.17, 15) is 4.21 Å². The average molecular weight is 175 g/mol. The molecule has 3 heteroatoms. The topological polar surface area (TPSA) is 29.1 Å². The van der Waals surface area contributed by atoms with Crippen molar-refractivity contribution in [2.45, 2.75) is 38.0 Å². The minimum Gasteiger partial charge on any atom is -0.313 e. The van der Waals surface area contributed by atoms with Crippen LogP contribution < -0.4 is 5.32 Å². The molecule has 1 unspecified atom stereocenters. The van der Waals surface area contributed by atoms with Crippen molar-refractivity contribution in [2.24, 2.45) is 0 Å². The monoisotopic (exact) mass is 175 g/mol.